The predicted octanol–water partition coefficient (Wildman–Crippen LogP) is 5.79. The standard InChI is InChI=1S/C28H36ClN3O4/c1-16-11-8-9-13-20(16)24(25(33)31-23-17(2)12-10-14-21(23)29)32(22-15-18(22)3)26(34)19(4)30-27(35)36-28(5,6)7/h8-14,18-19,22,24H,15H2,1-7H3,(H,30,35)(H,31,33). The maximum absolute atomic E-state index is 13.9. The highest BCUT2D eigenvalue weighted by molar-refractivity contribution is 6.34. The van der Waals surface area contributed by atoms with E-state index in [1.165, 1.54) is 0 Å². The van der Waals surface area contributed by atoms with Crippen LogP contribution < -0.4 is 10.6 Å². The smallest absolute Gasteiger partial charge is 0.408 e. The highest BCUT2D eigenvalue weighted by atomic mass is 35.5. The first kappa shape index (κ1) is 27.5. The molecule has 4 unspecified atom stereocenters. The molecule has 0 saturated heterocycles. The number of hydrogen-bond donors (Lipinski definition) is 2. The Morgan fingerprint density at radius 1 is 1.06 bits per heavy atom. The summed E-state index contributed by atoms with van der Waals surface area (Å²) in [5, 5.41) is 6.03. The Bertz CT molecular complexity index is 1120. The summed E-state index contributed by atoms with van der Waals surface area (Å²) < 4.78 is 5.34. The number of benzene rings is 2. The van der Waals surface area contributed by atoms with Crippen LogP contribution >= 0.6 is 11.6 Å². The molecule has 36 heavy (non-hydrogen) atoms. The third-order valence-corrected chi connectivity index (χ3v) is 6.58. The molecule has 3 rings (SSSR count). The van der Waals surface area contributed by atoms with Gasteiger partial charge in [-0.3, -0.25) is 9.59 Å². The third-order valence-electron chi connectivity index (χ3n) is 6.26. The SMILES string of the molecule is Cc1ccccc1C(C(=O)Nc1c(C)cccc1Cl)N(C(=O)C(C)NC(=O)OC(C)(C)C)C1CC1C. The van der Waals surface area contributed by atoms with Crippen molar-refractivity contribution in [1.82, 2.24) is 10.2 Å². The summed E-state index contributed by atoms with van der Waals surface area (Å²) in [6.07, 6.45) is 0.0850. The van der Waals surface area contributed by atoms with E-state index in [0.29, 0.717) is 10.7 Å². The molecule has 3 amide bonds. The number of hydrogen-bond acceptors (Lipinski definition) is 4. The Kier molecular flexibility index (Phi) is 8.34. The van der Waals surface area contributed by atoms with Gasteiger partial charge in [0.15, 0.2) is 0 Å². The van der Waals surface area contributed by atoms with Crippen molar-refractivity contribution >= 4 is 35.2 Å². The van der Waals surface area contributed by atoms with Gasteiger partial charge in [0.05, 0.1) is 10.7 Å². The lowest BCUT2D eigenvalue weighted by Gasteiger charge is -2.35. The number of carbonyl (C=O) groups excluding carboxylic acids is 3. The lowest BCUT2D eigenvalue weighted by molar-refractivity contribution is -0.141. The van der Waals surface area contributed by atoms with Gasteiger partial charge in [-0.15, -0.1) is 0 Å². The fourth-order valence-electron chi connectivity index (χ4n) is 4.23. The number of amides is 3. The normalized spacial score (nSPS) is 18.6. The number of rotatable bonds is 7. The van der Waals surface area contributed by atoms with Crippen LogP contribution in [0.2, 0.25) is 5.02 Å². The van der Waals surface area contributed by atoms with E-state index in [2.05, 4.69) is 10.6 Å². The molecule has 2 aromatic rings. The average molecular weight is 514 g/mol. The summed E-state index contributed by atoms with van der Waals surface area (Å²) in [6, 6.07) is 11.0. The van der Waals surface area contributed by atoms with Crippen LogP contribution in [0.4, 0.5) is 10.5 Å². The zero-order valence-corrected chi connectivity index (χ0v) is 22.8. The Hall–Kier alpha value is -3.06. The molecule has 0 spiro atoms. The van der Waals surface area contributed by atoms with Gasteiger partial charge in [-0.2, -0.15) is 0 Å². The minimum absolute atomic E-state index is 0.136. The van der Waals surface area contributed by atoms with Crippen LogP contribution in [0, 0.1) is 19.8 Å². The molecule has 2 aromatic carbocycles. The van der Waals surface area contributed by atoms with Crippen LogP contribution in [-0.4, -0.2) is 40.5 Å². The van der Waals surface area contributed by atoms with Crippen molar-refractivity contribution in [2.24, 2.45) is 5.92 Å². The molecule has 0 radical (unpaired) electrons. The summed E-state index contributed by atoms with van der Waals surface area (Å²) in [5.74, 6) is -0.490. The monoisotopic (exact) mass is 513 g/mol. The summed E-state index contributed by atoms with van der Waals surface area (Å²) in [5.41, 5.74) is 2.23. The van der Waals surface area contributed by atoms with Crippen LogP contribution in [0.25, 0.3) is 0 Å². The molecule has 1 saturated carbocycles. The van der Waals surface area contributed by atoms with E-state index in [-0.39, 0.29) is 23.8 Å². The van der Waals surface area contributed by atoms with Crippen molar-refractivity contribution in [3.05, 3.63) is 64.2 Å². The highest BCUT2D eigenvalue weighted by Gasteiger charge is 2.48. The molecule has 1 aliphatic rings. The summed E-state index contributed by atoms with van der Waals surface area (Å²) in [6.45, 7) is 12.7. The fourth-order valence-corrected chi connectivity index (χ4v) is 4.50. The molecule has 2 N–H and O–H groups in total. The summed E-state index contributed by atoms with van der Waals surface area (Å²) in [4.78, 5) is 41.8. The number of halogens is 1. The summed E-state index contributed by atoms with van der Waals surface area (Å²) >= 11 is 6.40. The van der Waals surface area contributed by atoms with E-state index >= 15 is 0 Å². The quantitative estimate of drug-likeness (QED) is 0.490. The van der Waals surface area contributed by atoms with Gasteiger partial charge in [-0.05, 0) is 76.6 Å². The Balaban J connectivity index is 1.99. The maximum Gasteiger partial charge on any atom is 0.408 e. The molecule has 1 fully saturated rings. The first-order valence-corrected chi connectivity index (χ1v) is 12.6. The maximum atomic E-state index is 13.9. The topological polar surface area (TPSA) is 87.7 Å². The highest BCUT2D eigenvalue weighted by Crippen LogP contribution is 2.42. The van der Waals surface area contributed by atoms with Crippen molar-refractivity contribution < 1.29 is 19.1 Å². The lowest BCUT2D eigenvalue weighted by Crippen LogP contribution is -2.52. The number of anilines is 1. The van der Waals surface area contributed by atoms with E-state index in [0.717, 1.165) is 23.1 Å². The summed E-state index contributed by atoms with van der Waals surface area (Å²) in [7, 11) is 0. The average Bonchev–Trinajstić information content (AvgIpc) is 3.49. The van der Waals surface area contributed by atoms with Crippen LogP contribution in [0.15, 0.2) is 42.5 Å². The largest absolute Gasteiger partial charge is 0.444 e. The molecule has 0 bridgehead atoms. The van der Waals surface area contributed by atoms with Gasteiger partial charge in [0.25, 0.3) is 5.91 Å². The Labute approximate surface area is 218 Å². The molecule has 8 heteroatoms. The van der Waals surface area contributed by atoms with Crippen LogP contribution in [0.1, 0.15) is 63.8 Å². The van der Waals surface area contributed by atoms with E-state index in [1.807, 2.05) is 57.2 Å². The second-order valence-electron chi connectivity index (χ2n) is 10.6. The molecule has 0 aromatic heterocycles. The number of alkyl carbamates (subject to hydrolysis) is 1. The van der Waals surface area contributed by atoms with Crippen LogP contribution in [0.5, 0.6) is 0 Å². The number of aryl methyl sites for hydroxylation is 2. The predicted molar refractivity (Wildman–Crippen MR) is 142 cm³/mol. The second-order valence-corrected chi connectivity index (χ2v) is 11.0. The molecule has 1 aliphatic carbocycles. The molecule has 0 heterocycles. The number of nitrogens with zero attached hydrogens (tertiary/aromatic N) is 1. The van der Waals surface area contributed by atoms with Gasteiger partial charge in [0.2, 0.25) is 5.91 Å². The van der Waals surface area contributed by atoms with Gasteiger partial charge in [0.1, 0.15) is 17.7 Å². The van der Waals surface area contributed by atoms with E-state index in [4.69, 9.17) is 16.3 Å². The minimum Gasteiger partial charge on any atom is -0.444 e. The first-order valence-electron chi connectivity index (χ1n) is 12.2. The number of ether oxygens (including phenoxy) is 1. The molecule has 4 atom stereocenters. The van der Waals surface area contributed by atoms with Gasteiger partial charge >= 0.3 is 6.09 Å². The van der Waals surface area contributed by atoms with E-state index in [9.17, 15) is 14.4 Å². The van der Waals surface area contributed by atoms with E-state index < -0.39 is 23.8 Å². The van der Waals surface area contributed by atoms with Crippen molar-refractivity contribution in [3.63, 3.8) is 0 Å². The third kappa shape index (κ3) is 6.58. The number of para-hydroxylation sites is 1. The second kappa shape index (κ2) is 10.9. The molecule has 0 aliphatic heterocycles. The minimum atomic E-state index is -0.910. The van der Waals surface area contributed by atoms with Gasteiger partial charge in [-0.25, -0.2) is 4.79 Å². The number of nitrogens with one attached hydrogen (secondary N) is 2. The van der Waals surface area contributed by atoms with Crippen LogP contribution in [-0.2, 0) is 14.3 Å². The Morgan fingerprint density at radius 2 is 1.67 bits per heavy atom. The van der Waals surface area contributed by atoms with Crippen molar-refractivity contribution in [1.29, 1.82) is 0 Å². The van der Waals surface area contributed by atoms with Gasteiger partial charge in [-0.1, -0.05) is 54.9 Å². The lowest BCUT2D eigenvalue weighted by atomic mass is 9.97. The molecular weight excluding hydrogens is 478 g/mol. The first-order chi connectivity index (χ1) is 16.8. The van der Waals surface area contributed by atoms with Crippen LogP contribution in [0.3, 0.4) is 0 Å². The fraction of sp³-hybridized carbons (Fsp3) is 0.464. The number of carbonyl (C=O) groups is 3. The molecular formula is C28H36ClN3O4. The molecule has 194 valence electrons. The van der Waals surface area contributed by atoms with E-state index in [1.54, 1.807) is 38.7 Å². The van der Waals surface area contributed by atoms with Crippen molar-refractivity contribution in [2.75, 3.05) is 5.32 Å². The zero-order chi connectivity index (χ0) is 26.8. The Morgan fingerprint density at radius 3 is 2.22 bits per heavy atom. The van der Waals surface area contributed by atoms with Crippen molar-refractivity contribution in [2.45, 2.75) is 78.6 Å². The van der Waals surface area contributed by atoms with Gasteiger partial charge in [0, 0.05) is 6.04 Å². The molecule has 7 nitrogen and oxygen atoms in total. The zero-order valence-electron chi connectivity index (χ0n) is 22.0. The van der Waals surface area contributed by atoms with Crippen molar-refractivity contribution in [3.8, 4) is 0 Å². The van der Waals surface area contributed by atoms with Gasteiger partial charge < -0.3 is 20.3 Å².